The van der Waals surface area contributed by atoms with E-state index in [1.54, 1.807) is 11.9 Å². The van der Waals surface area contributed by atoms with Crippen molar-refractivity contribution in [1.29, 1.82) is 0 Å². The normalized spacial score (nSPS) is 11.2. The van der Waals surface area contributed by atoms with Crippen LogP contribution in [0.25, 0.3) is 22.1 Å². The minimum absolute atomic E-state index is 0.00436. The lowest BCUT2D eigenvalue weighted by molar-refractivity contribution is -0.127. The summed E-state index contributed by atoms with van der Waals surface area (Å²) in [4.78, 5) is 21.8. The van der Waals surface area contributed by atoms with E-state index in [4.69, 9.17) is 11.6 Å². The molecule has 6 nitrogen and oxygen atoms in total. The van der Waals surface area contributed by atoms with Crippen LogP contribution in [0.2, 0.25) is 5.02 Å². The van der Waals surface area contributed by atoms with Gasteiger partial charge >= 0.3 is 0 Å². The molecule has 0 aliphatic heterocycles. The van der Waals surface area contributed by atoms with E-state index in [1.165, 1.54) is 11.8 Å². The topological polar surface area (TPSA) is 74.8 Å². The molecule has 136 valence electrons. The maximum atomic E-state index is 12.4. The van der Waals surface area contributed by atoms with Crippen molar-refractivity contribution in [1.82, 2.24) is 25.1 Å². The van der Waals surface area contributed by atoms with Gasteiger partial charge in [0.15, 0.2) is 5.65 Å². The van der Waals surface area contributed by atoms with Crippen molar-refractivity contribution < 1.29 is 4.79 Å². The van der Waals surface area contributed by atoms with Crippen molar-refractivity contribution in [3.63, 3.8) is 0 Å². The zero-order valence-corrected chi connectivity index (χ0v) is 16.1. The van der Waals surface area contributed by atoms with E-state index in [-0.39, 0.29) is 11.7 Å². The Morgan fingerprint density at radius 3 is 2.74 bits per heavy atom. The lowest BCUT2D eigenvalue weighted by Crippen LogP contribution is -2.27. The Morgan fingerprint density at radius 1 is 1.15 bits per heavy atom. The van der Waals surface area contributed by atoms with Crippen LogP contribution in [0.3, 0.4) is 0 Å². The van der Waals surface area contributed by atoms with Gasteiger partial charge in [-0.05, 0) is 23.8 Å². The first-order chi connectivity index (χ1) is 13.1. The summed E-state index contributed by atoms with van der Waals surface area (Å²) in [6.07, 6.45) is 0. The molecule has 2 heterocycles. The largest absolute Gasteiger partial charge is 0.341 e. The predicted molar refractivity (Wildman–Crippen MR) is 108 cm³/mol. The first kappa shape index (κ1) is 17.8. The molecule has 4 rings (SSSR count). The molecule has 1 amide bonds. The van der Waals surface area contributed by atoms with Gasteiger partial charge in [-0.25, -0.2) is 4.98 Å². The third-order valence-corrected chi connectivity index (χ3v) is 5.26. The Kier molecular flexibility index (Phi) is 4.96. The lowest BCUT2D eigenvalue weighted by atomic mass is 10.2. The Bertz CT molecular complexity index is 1110. The minimum Gasteiger partial charge on any atom is -0.341 e. The number of thioether (sulfide) groups is 1. The minimum atomic E-state index is -0.00436. The van der Waals surface area contributed by atoms with Crippen molar-refractivity contribution in [2.75, 3.05) is 12.8 Å². The number of benzene rings is 2. The highest BCUT2D eigenvalue weighted by molar-refractivity contribution is 7.99. The number of carbonyl (C=O) groups is 1. The molecule has 0 saturated carbocycles. The van der Waals surface area contributed by atoms with Gasteiger partial charge in [0.05, 0.1) is 5.75 Å². The van der Waals surface area contributed by atoms with Crippen LogP contribution in [0.15, 0.2) is 53.7 Å². The van der Waals surface area contributed by atoms with Crippen molar-refractivity contribution >= 4 is 51.3 Å². The third-order valence-electron chi connectivity index (χ3n) is 4.19. The summed E-state index contributed by atoms with van der Waals surface area (Å²) in [7, 11) is 1.78. The zero-order chi connectivity index (χ0) is 18.8. The molecule has 2 aromatic heterocycles. The summed E-state index contributed by atoms with van der Waals surface area (Å²) in [6.45, 7) is 0.525. The number of rotatable bonds is 5. The molecule has 8 heteroatoms. The summed E-state index contributed by atoms with van der Waals surface area (Å²) in [5.41, 5.74) is 3.41. The van der Waals surface area contributed by atoms with Gasteiger partial charge in [0, 0.05) is 29.5 Å². The molecular formula is C19H16ClN5OS. The van der Waals surface area contributed by atoms with Crippen LogP contribution in [0, 0.1) is 0 Å². The van der Waals surface area contributed by atoms with Gasteiger partial charge in [-0.3, -0.25) is 4.79 Å². The van der Waals surface area contributed by atoms with Crippen molar-refractivity contribution in [2.45, 2.75) is 11.7 Å². The molecular weight excluding hydrogens is 382 g/mol. The molecule has 0 unspecified atom stereocenters. The Hall–Kier alpha value is -2.64. The highest BCUT2D eigenvalue weighted by atomic mass is 35.5. The standard InChI is InChI=1S/C19H16ClN5OS/c1-25(10-12-6-8-13(20)9-7-12)16(26)11-27-19-22-18-17(23-24-19)14-4-2-3-5-15(14)21-18/h2-9H,10-11H2,1H3,(H,21,22,24). The SMILES string of the molecule is CN(Cc1ccc(Cl)cc1)C(=O)CSc1nnc2c(n1)[nH]c1ccccc12. The van der Waals surface area contributed by atoms with Crippen LogP contribution >= 0.6 is 23.4 Å². The quantitative estimate of drug-likeness (QED) is 0.517. The second-order valence-electron chi connectivity index (χ2n) is 6.13. The number of amides is 1. The summed E-state index contributed by atoms with van der Waals surface area (Å²) in [6, 6.07) is 15.3. The maximum Gasteiger partial charge on any atom is 0.233 e. The van der Waals surface area contributed by atoms with Gasteiger partial charge < -0.3 is 9.88 Å². The summed E-state index contributed by atoms with van der Waals surface area (Å²) < 4.78 is 0. The number of aromatic amines is 1. The zero-order valence-electron chi connectivity index (χ0n) is 14.5. The van der Waals surface area contributed by atoms with E-state index in [2.05, 4.69) is 20.2 Å². The molecule has 2 aromatic carbocycles. The van der Waals surface area contributed by atoms with Gasteiger partial charge in [0.1, 0.15) is 5.52 Å². The molecule has 0 aliphatic carbocycles. The number of halogens is 1. The van der Waals surface area contributed by atoms with E-state index in [0.29, 0.717) is 22.4 Å². The first-order valence-corrected chi connectivity index (χ1v) is 9.69. The number of aromatic nitrogens is 4. The molecule has 4 aromatic rings. The van der Waals surface area contributed by atoms with E-state index >= 15 is 0 Å². The van der Waals surface area contributed by atoms with Crippen LogP contribution in [-0.2, 0) is 11.3 Å². The third kappa shape index (κ3) is 3.89. The Balaban J connectivity index is 1.42. The molecule has 0 radical (unpaired) electrons. The van der Waals surface area contributed by atoms with Gasteiger partial charge in [-0.15, -0.1) is 10.2 Å². The van der Waals surface area contributed by atoms with Gasteiger partial charge in [-0.2, -0.15) is 0 Å². The predicted octanol–water partition coefficient (Wildman–Crippen LogP) is 3.91. The fraction of sp³-hybridized carbons (Fsp3) is 0.158. The van der Waals surface area contributed by atoms with E-state index < -0.39 is 0 Å². The molecule has 0 aliphatic rings. The average Bonchev–Trinajstić information content (AvgIpc) is 3.05. The average molecular weight is 398 g/mol. The summed E-state index contributed by atoms with van der Waals surface area (Å²) in [5, 5.41) is 10.6. The summed E-state index contributed by atoms with van der Waals surface area (Å²) in [5.74, 6) is 0.243. The monoisotopic (exact) mass is 397 g/mol. The number of nitrogens with one attached hydrogen (secondary N) is 1. The molecule has 0 fully saturated rings. The van der Waals surface area contributed by atoms with Crippen molar-refractivity contribution in [3.05, 3.63) is 59.1 Å². The van der Waals surface area contributed by atoms with E-state index in [9.17, 15) is 4.79 Å². The van der Waals surface area contributed by atoms with Gasteiger partial charge in [0.25, 0.3) is 0 Å². The fourth-order valence-corrected chi connectivity index (χ4v) is 3.61. The van der Waals surface area contributed by atoms with Crippen LogP contribution in [-0.4, -0.2) is 43.8 Å². The lowest BCUT2D eigenvalue weighted by Gasteiger charge is -2.16. The van der Waals surface area contributed by atoms with Crippen molar-refractivity contribution in [3.8, 4) is 0 Å². The number of hydrogen-bond acceptors (Lipinski definition) is 5. The molecule has 0 bridgehead atoms. The van der Waals surface area contributed by atoms with Gasteiger partial charge in [0.2, 0.25) is 11.1 Å². The number of fused-ring (bicyclic) bond motifs is 3. The number of carbonyl (C=O) groups excluding carboxylic acids is 1. The van der Waals surface area contributed by atoms with E-state index in [0.717, 1.165) is 22.0 Å². The van der Waals surface area contributed by atoms with Crippen molar-refractivity contribution in [2.24, 2.45) is 0 Å². The second-order valence-corrected chi connectivity index (χ2v) is 7.51. The maximum absolute atomic E-state index is 12.4. The Morgan fingerprint density at radius 2 is 1.93 bits per heavy atom. The van der Waals surface area contributed by atoms with Crippen LogP contribution in [0.4, 0.5) is 0 Å². The van der Waals surface area contributed by atoms with Crippen LogP contribution in [0.1, 0.15) is 5.56 Å². The first-order valence-electron chi connectivity index (χ1n) is 8.32. The molecule has 0 saturated heterocycles. The van der Waals surface area contributed by atoms with Crippen LogP contribution < -0.4 is 0 Å². The molecule has 0 spiro atoms. The van der Waals surface area contributed by atoms with Crippen LogP contribution in [0.5, 0.6) is 0 Å². The molecule has 27 heavy (non-hydrogen) atoms. The highest BCUT2D eigenvalue weighted by Crippen LogP contribution is 2.23. The molecule has 0 atom stereocenters. The molecule has 1 N–H and O–H groups in total. The fourth-order valence-electron chi connectivity index (χ4n) is 2.76. The van der Waals surface area contributed by atoms with E-state index in [1.807, 2.05) is 48.5 Å². The smallest absolute Gasteiger partial charge is 0.233 e. The summed E-state index contributed by atoms with van der Waals surface area (Å²) >= 11 is 7.17. The second kappa shape index (κ2) is 7.54. The Labute approximate surface area is 164 Å². The number of hydrogen-bond donors (Lipinski definition) is 1. The number of para-hydroxylation sites is 1. The number of H-pyrrole nitrogens is 1. The number of nitrogens with zero attached hydrogens (tertiary/aromatic N) is 4. The van der Waals surface area contributed by atoms with Gasteiger partial charge in [-0.1, -0.05) is 53.7 Å². The highest BCUT2D eigenvalue weighted by Gasteiger charge is 2.13.